The van der Waals surface area contributed by atoms with Crippen LogP contribution in [0.25, 0.3) is 5.70 Å². The van der Waals surface area contributed by atoms with Gasteiger partial charge in [0.1, 0.15) is 11.5 Å². The number of hydrazine groups is 1. The standard InChI is InChI=1S/C36H48N4O3/c1-5-26(2)33-23-32(42-4)21-18-29(33)24-40(35(41)22-27-12-8-6-9-13-27)25-34(39(3)38)36(37)28-16-19-31(20-17-28)43-30-14-10-7-11-15-30/h6,8-9,12-13,16-21,23,26,30H,5,7,10-11,14-15,22,24-25,37-38H2,1-4H3/b36-34-. The van der Waals surface area contributed by atoms with E-state index < -0.39 is 0 Å². The van der Waals surface area contributed by atoms with Gasteiger partial charge >= 0.3 is 0 Å². The summed E-state index contributed by atoms with van der Waals surface area (Å²) in [5.74, 6) is 8.34. The zero-order valence-corrected chi connectivity index (χ0v) is 26.2. The van der Waals surface area contributed by atoms with Crippen LogP contribution in [0.4, 0.5) is 0 Å². The van der Waals surface area contributed by atoms with Crippen LogP contribution in [0.1, 0.15) is 80.5 Å². The van der Waals surface area contributed by atoms with E-state index in [4.69, 9.17) is 21.1 Å². The molecule has 4 rings (SSSR count). The van der Waals surface area contributed by atoms with Crippen LogP contribution in [0.5, 0.6) is 11.5 Å². The Labute approximate surface area is 257 Å². The van der Waals surface area contributed by atoms with Gasteiger partial charge in [-0.1, -0.05) is 56.7 Å². The number of nitrogens with zero attached hydrogens (tertiary/aromatic N) is 2. The molecule has 3 aromatic carbocycles. The van der Waals surface area contributed by atoms with E-state index in [1.54, 1.807) is 14.2 Å². The molecule has 1 unspecified atom stereocenters. The van der Waals surface area contributed by atoms with E-state index in [1.807, 2.05) is 65.6 Å². The second-order valence-electron chi connectivity index (χ2n) is 11.7. The van der Waals surface area contributed by atoms with Crippen molar-refractivity contribution in [1.82, 2.24) is 9.91 Å². The average molecular weight is 585 g/mol. The van der Waals surface area contributed by atoms with Crippen molar-refractivity contribution in [3.63, 3.8) is 0 Å². The number of hydrogen-bond donors (Lipinski definition) is 2. The summed E-state index contributed by atoms with van der Waals surface area (Å²) in [6.45, 7) is 5.06. The van der Waals surface area contributed by atoms with Crippen LogP contribution in [0.15, 0.2) is 78.5 Å². The van der Waals surface area contributed by atoms with Gasteiger partial charge in [0.25, 0.3) is 0 Å². The number of amides is 1. The van der Waals surface area contributed by atoms with E-state index in [0.29, 0.717) is 23.9 Å². The van der Waals surface area contributed by atoms with E-state index in [0.717, 1.165) is 47.5 Å². The second-order valence-corrected chi connectivity index (χ2v) is 11.7. The first kappa shape index (κ1) is 32.0. The Morgan fingerprint density at radius 3 is 2.28 bits per heavy atom. The third-order valence-electron chi connectivity index (χ3n) is 8.51. The summed E-state index contributed by atoms with van der Waals surface area (Å²) in [4.78, 5) is 15.8. The lowest BCUT2D eigenvalue weighted by atomic mass is 9.93. The minimum absolute atomic E-state index is 0.000462. The van der Waals surface area contributed by atoms with Crippen molar-refractivity contribution in [2.75, 3.05) is 20.7 Å². The maximum atomic E-state index is 13.9. The Morgan fingerprint density at radius 2 is 1.65 bits per heavy atom. The normalized spacial score (nSPS) is 14.9. The van der Waals surface area contributed by atoms with Gasteiger partial charge in [-0.25, -0.2) is 5.84 Å². The molecular weight excluding hydrogens is 536 g/mol. The number of rotatable bonds is 13. The van der Waals surface area contributed by atoms with Gasteiger partial charge in [0.05, 0.1) is 37.6 Å². The monoisotopic (exact) mass is 584 g/mol. The lowest BCUT2D eigenvalue weighted by Crippen LogP contribution is -2.40. The first-order chi connectivity index (χ1) is 20.8. The number of hydrogen-bond acceptors (Lipinski definition) is 6. The van der Waals surface area contributed by atoms with Crippen LogP contribution in [-0.2, 0) is 17.8 Å². The summed E-state index contributed by atoms with van der Waals surface area (Å²) >= 11 is 0. The molecular formula is C36H48N4O3. The summed E-state index contributed by atoms with van der Waals surface area (Å²) in [5, 5.41) is 1.52. The van der Waals surface area contributed by atoms with Crippen LogP contribution in [-0.4, -0.2) is 42.6 Å². The molecule has 0 bridgehead atoms. The molecule has 7 nitrogen and oxygen atoms in total. The largest absolute Gasteiger partial charge is 0.497 e. The number of benzene rings is 3. The maximum absolute atomic E-state index is 13.9. The van der Waals surface area contributed by atoms with Crippen LogP contribution < -0.4 is 21.1 Å². The van der Waals surface area contributed by atoms with Crippen LogP contribution in [0.3, 0.4) is 0 Å². The molecule has 0 aliphatic heterocycles. The van der Waals surface area contributed by atoms with E-state index in [1.165, 1.54) is 29.8 Å². The van der Waals surface area contributed by atoms with Gasteiger partial charge in [-0.05, 0) is 96.7 Å². The first-order valence-corrected chi connectivity index (χ1v) is 15.5. The number of ether oxygens (including phenoxy) is 2. The van der Waals surface area contributed by atoms with Gasteiger partial charge in [0.15, 0.2) is 0 Å². The van der Waals surface area contributed by atoms with Gasteiger partial charge in [0.2, 0.25) is 5.91 Å². The predicted octanol–water partition coefficient (Wildman–Crippen LogP) is 6.62. The highest BCUT2D eigenvalue weighted by atomic mass is 16.5. The Bertz CT molecular complexity index is 1350. The summed E-state index contributed by atoms with van der Waals surface area (Å²) in [7, 11) is 3.44. The molecule has 1 amide bonds. The van der Waals surface area contributed by atoms with Gasteiger partial charge < -0.3 is 25.1 Å². The minimum Gasteiger partial charge on any atom is -0.497 e. The van der Waals surface area contributed by atoms with Gasteiger partial charge in [-0.2, -0.15) is 0 Å². The molecule has 4 N–H and O–H groups in total. The van der Waals surface area contributed by atoms with Crippen molar-refractivity contribution >= 4 is 11.6 Å². The molecule has 1 aliphatic carbocycles. The molecule has 1 atom stereocenters. The SMILES string of the molecule is CCC(C)c1cc(OC)ccc1CN(C/C(=C(/N)c1ccc(OC2CCCCC2)cc1)N(C)N)C(=O)Cc1ccccc1. The highest BCUT2D eigenvalue weighted by molar-refractivity contribution is 5.79. The number of likely N-dealkylation sites (N-methyl/N-ethyl adjacent to an activating group) is 1. The zero-order chi connectivity index (χ0) is 30.8. The van der Waals surface area contributed by atoms with Gasteiger partial charge in [-0.15, -0.1) is 0 Å². The smallest absolute Gasteiger partial charge is 0.227 e. The fraction of sp³-hybridized carbons (Fsp3) is 0.417. The van der Waals surface area contributed by atoms with Gasteiger partial charge in [-0.3, -0.25) is 4.79 Å². The van der Waals surface area contributed by atoms with Crippen LogP contribution in [0.2, 0.25) is 0 Å². The van der Waals surface area contributed by atoms with E-state index in [9.17, 15) is 4.79 Å². The highest BCUT2D eigenvalue weighted by Gasteiger charge is 2.22. The summed E-state index contributed by atoms with van der Waals surface area (Å²) in [6, 6.07) is 23.8. The predicted molar refractivity (Wildman–Crippen MR) is 174 cm³/mol. The molecule has 0 spiro atoms. The van der Waals surface area contributed by atoms with E-state index >= 15 is 0 Å². The number of methoxy groups -OCH3 is 1. The molecule has 0 saturated heterocycles. The van der Waals surface area contributed by atoms with Crippen LogP contribution in [0, 0.1) is 0 Å². The average Bonchev–Trinajstić information content (AvgIpc) is 3.03. The molecule has 1 saturated carbocycles. The molecule has 0 aromatic heterocycles. The molecule has 7 heteroatoms. The summed E-state index contributed by atoms with van der Waals surface area (Å²) in [5.41, 5.74) is 12.0. The second kappa shape index (κ2) is 15.5. The maximum Gasteiger partial charge on any atom is 0.227 e. The number of nitrogens with two attached hydrogens (primary N) is 2. The Kier molecular flexibility index (Phi) is 11.5. The quantitative estimate of drug-likeness (QED) is 0.173. The third-order valence-corrected chi connectivity index (χ3v) is 8.51. The molecule has 3 aromatic rings. The number of carbonyl (C=O) groups is 1. The molecule has 0 heterocycles. The van der Waals surface area contributed by atoms with Crippen molar-refractivity contribution in [3.05, 3.63) is 101 Å². The molecule has 1 fully saturated rings. The van der Waals surface area contributed by atoms with Crippen molar-refractivity contribution < 1.29 is 14.3 Å². The lowest BCUT2D eigenvalue weighted by Gasteiger charge is -2.30. The molecule has 1 aliphatic rings. The Balaban J connectivity index is 1.63. The summed E-state index contributed by atoms with van der Waals surface area (Å²) in [6.07, 6.45) is 7.47. The topological polar surface area (TPSA) is 94.1 Å². The minimum atomic E-state index is 0.000462. The fourth-order valence-electron chi connectivity index (χ4n) is 5.67. The van der Waals surface area contributed by atoms with E-state index in [-0.39, 0.29) is 25.0 Å². The van der Waals surface area contributed by atoms with E-state index in [2.05, 4.69) is 26.0 Å². The van der Waals surface area contributed by atoms with Crippen molar-refractivity contribution in [2.45, 2.75) is 77.4 Å². The van der Waals surface area contributed by atoms with Crippen LogP contribution >= 0.6 is 0 Å². The first-order valence-electron chi connectivity index (χ1n) is 15.5. The third kappa shape index (κ3) is 8.77. The molecule has 0 radical (unpaired) electrons. The van der Waals surface area contributed by atoms with Crippen molar-refractivity contribution in [2.24, 2.45) is 11.6 Å². The van der Waals surface area contributed by atoms with Gasteiger partial charge in [0, 0.05) is 13.6 Å². The Hall–Kier alpha value is -3.97. The van der Waals surface area contributed by atoms with Crippen molar-refractivity contribution in [3.8, 4) is 11.5 Å². The number of carbonyl (C=O) groups excluding carboxylic acids is 1. The van der Waals surface area contributed by atoms with Crippen molar-refractivity contribution in [1.29, 1.82) is 0 Å². The zero-order valence-electron chi connectivity index (χ0n) is 26.2. The lowest BCUT2D eigenvalue weighted by molar-refractivity contribution is -0.130. The Morgan fingerprint density at radius 1 is 0.977 bits per heavy atom. The summed E-state index contributed by atoms with van der Waals surface area (Å²) < 4.78 is 11.7. The fourth-order valence-corrected chi connectivity index (χ4v) is 5.67. The highest BCUT2D eigenvalue weighted by Crippen LogP contribution is 2.29. The molecule has 43 heavy (non-hydrogen) atoms. The molecule has 230 valence electrons.